The molecule has 3 N–H and O–H groups in total. The maximum Gasteiger partial charge on any atom is 0.416 e. The molecule has 0 spiro atoms. The standard InChI is InChI=1S/C13H16F3N3O2/c14-13(15,16)11-7-10(17)2-1-9(11)8-18-3-5-19(6-4-18)12(20)21/h1-2,7H,3-6,8,17H2,(H,20,21). The second kappa shape index (κ2) is 5.80. The molecule has 1 aromatic carbocycles. The second-order valence-corrected chi connectivity index (χ2v) is 4.96. The Morgan fingerprint density at radius 2 is 1.86 bits per heavy atom. The number of nitrogens with zero attached hydrogens (tertiary/aromatic N) is 2. The number of halogens is 3. The molecule has 1 saturated heterocycles. The van der Waals surface area contributed by atoms with Gasteiger partial charge in [-0.05, 0) is 17.7 Å². The first kappa shape index (κ1) is 15.4. The van der Waals surface area contributed by atoms with Gasteiger partial charge in [-0.3, -0.25) is 4.90 Å². The third kappa shape index (κ3) is 3.78. The summed E-state index contributed by atoms with van der Waals surface area (Å²) in [6.45, 7) is 1.54. The van der Waals surface area contributed by atoms with Crippen molar-refractivity contribution < 1.29 is 23.1 Å². The van der Waals surface area contributed by atoms with Crippen molar-refractivity contribution in [3.63, 3.8) is 0 Å². The summed E-state index contributed by atoms with van der Waals surface area (Å²) in [7, 11) is 0. The van der Waals surface area contributed by atoms with Crippen molar-refractivity contribution in [2.75, 3.05) is 31.9 Å². The number of alkyl halides is 3. The van der Waals surface area contributed by atoms with Crippen LogP contribution in [0.1, 0.15) is 11.1 Å². The molecule has 116 valence electrons. The monoisotopic (exact) mass is 303 g/mol. The lowest BCUT2D eigenvalue weighted by Gasteiger charge is -2.33. The zero-order valence-corrected chi connectivity index (χ0v) is 11.2. The highest BCUT2D eigenvalue weighted by Crippen LogP contribution is 2.34. The van der Waals surface area contributed by atoms with E-state index in [-0.39, 0.29) is 17.8 Å². The summed E-state index contributed by atoms with van der Waals surface area (Å²) in [5, 5.41) is 8.84. The van der Waals surface area contributed by atoms with Gasteiger partial charge in [-0.25, -0.2) is 4.79 Å². The summed E-state index contributed by atoms with van der Waals surface area (Å²) in [6, 6.07) is 3.75. The van der Waals surface area contributed by atoms with E-state index in [1.54, 1.807) is 4.90 Å². The predicted molar refractivity (Wildman–Crippen MR) is 70.7 cm³/mol. The number of anilines is 1. The minimum absolute atomic E-state index is 0.0711. The van der Waals surface area contributed by atoms with Crippen LogP contribution >= 0.6 is 0 Å². The lowest BCUT2D eigenvalue weighted by Crippen LogP contribution is -2.47. The van der Waals surface area contributed by atoms with Crippen LogP contribution in [-0.2, 0) is 12.7 Å². The molecule has 21 heavy (non-hydrogen) atoms. The van der Waals surface area contributed by atoms with Gasteiger partial charge in [-0.1, -0.05) is 6.07 Å². The fourth-order valence-electron chi connectivity index (χ4n) is 2.33. The highest BCUT2D eigenvalue weighted by Gasteiger charge is 2.34. The maximum absolute atomic E-state index is 13.0. The predicted octanol–water partition coefficient (Wildman–Crippen LogP) is 2.08. The van der Waals surface area contributed by atoms with Crippen molar-refractivity contribution in [3.8, 4) is 0 Å². The smallest absolute Gasteiger partial charge is 0.416 e. The van der Waals surface area contributed by atoms with E-state index in [0.717, 1.165) is 6.07 Å². The normalized spacial score (nSPS) is 17.0. The van der Waals surface area contributed by atoms with Gasteiger partial charge in [0, 0.05) is 38.4 Å². The molecule has 0 saturated carbocycles. The van der Waals surface area contributed by atoms with Crippen LogP contribution in [0.4, 0.5) is 23.7 Å². The number of nitrogen functional groups attached to an aromatic ring is 1. The van der Waals surface area contributed by atoms with Crippen molar-refractivity contribution >= 4 is 11.8 Å². The van der Waals surface area contributed by atoms with E-state index in [9.17, 15) is 18.0 Å². The Morgan fingerprint density at radius 3 is 2.38 bits per heavy atom. The molecule has 1 fully saturated rings. The molecule has 1 aliphatic heterocycles. The highest BCUT2D eigenvalue weighted by atomic mass is 19.4. The Labute approximate surface area is 119 Å². The minimum atomic E-state index is -4.45. The fraction of sp³-hybridized carbons (Fsp3) is 0.462. The van der Waals surface area contributed by atoms with Gasteiger partial charge in [-0.2, -0.15) is 13.2 Å². The lowest BCUT2D eigenvalue weighted by atomic mass is 10.1. The van der Waals surface area contributed by atoms with Crippen LogP contribution in [0.25, 0.3) is 0 Å². The van der Waals surface area contributed by atoms with E-state index in [1.807, 2.05) is 0 Å². The van der Waals surface area contributed by atoms with Crippen LogP contribution in [0.15, 0.2) is 18.2 Å². The Hall–Kier alpha value is -1.96. The van der Waals surface area contributed by atoms with Crippen molar-refractivity contribution in [3.05, 3.63) is 29.3 Å². The van der Waals surface area contributed by atoms with Crippen molar-refractivity contribution in [1.29, 1.82) is 0 Å². The summed E-state index contributed by atoms with van der Waals surface area (Å²) in [4.78, 5) is 13.8. The van der Waals surface area contributed by atoms with Crippen LogP contribution in [0.5, 0.6) is 0 Å². The zero-order valence-electron chi connectivity index (χ0n) is 11.2. The molecule has 0 unspecified atom stereocenters. The van der Waals surface area contributed by atoms with Crippen molar-refractivity contribution in [2.24, 2.45) is 0 Å². The fourth-order valence-corrected chi connectivity index (χ4v) is 2.33. The Bertz CT molecular complexity index is 526. The number of carbonyl (C=O) groups is 1. The second-order valence-electron chi connectivity index (χ2n) is 4.96. The quantitative estimate of drug-likeness (QED) is 0.821. The number of rotatable bonds is 2. The molecule has 0 aromatic heterocycles. The van der Waals surface area contributed by atoms with Crippen molar-refractivity contribution in [2.45, 2.75) is 12.7 Å². The van der Waals surface area contributed by atoms with Crippen LogP contribution in [0.2, 0.25) is 0 Å². The molecule has 5 nitrogen and oxygen atoms in total. The van der Waals surface area contributed by atoms with E-state index >= 15 is 0 Å². The van der Waals surface area contributed by atoms with Gasteiger partial charge in [0.2, 0.25) is 0 Å². The number of hydrogen-bond acceptors (Lipinski definition) is 3. The van der Waals surface area contributed by atoms with Crippen LogP contribution in [0, 0.1) is 0 Å². The molecule has 0 aliphatic carbocycles. The van der Waals surface area contributed by atoms with Gasteiger partial charge in [0.15, 0.2) is 0 Å². The molecule has 1 heterocycles. The van der Waals surface area contributed by atoms with Crippen LogP contribution < -0.4 is 5.73 Å². The van der Waals surface area contributed by atoms with E-state index in [4.69, 9.17) is 10.8 Å². The number of carboxylic acid groups (broad SMARTS) is 1. The molecule has 0 radical (unpaired) electrons. The molecule has 1 amide bonds. The summed E-state index contributed by atoms with van der Waals surface area (Å²) in [5.74, 6) is 0. The molecular formula is C13H16F3N3O2. The van der Waals surface area contributed by atoms with Gasteiger partial charge in [0.25, 0.3) is 0 Å². The average molecular weight is 303 g/mol. The Morgan fingerprint density at radius 1 is 1.24 bits per heavy atom. The minimum Gasteiger partial charge on any atom is -0.465 e. The molecule has 0 atom stereocenters. The first-order valence-electron chi connectivity index (χ1n) is 6.43. The van der Waals surface area contributed by atoms with E-state index in [2.05, 4.69) is 0 Å². The van der Waals surface area contributed by atoms with E-state index in [1.165, 1.54) is 17.0 Å². The third-order valence-electron chi connectivity index (χ3n) is 3.48. The Balaban J connectivity index is 2.09. The summed E-state index contributed by atoms with van der Waals surface area (Å²) < 4.78 is 39.0. The third-order valence-corrected chi connectivity index (χ3v) is 3.48. The van der Waals surface area contributed by atoms with Gasteiger partial charge in [-0.15, -0.1) is 0 Å². The van der Waals surface area contributed by atoms with Gasteiger partial charge in [0.1, 0.15) is 0 Å². The highest BCUT2D eigenvalue weighted by molar-refractivity contribution is 5.65. The molecule has 1 aliphatic rings. The number of piperazine rings is 1. The number of amides is 1. The topological polar surface area (TPSA) is 69.8 Å². The van der Waals surface area contributed by atoms with Crippen LogP contribution in [-0.4, -0.2) is 47.2 Å². The zero-order chi connectivity index (χ0) is 15.6. The van der Waals surface area contributed by atoms with Gasteiger partial charge in [0.05, 0.1) is 5.56 Å². The summed E-state index contributed by atoms with van der Waals surface area (Å²) in [6.07, 6.45) is -5.45. The van der Waals surface area contributed by atoms with E-state index < -0.39 is 17.8 Å². The first-order valence-corrected chi connectivity index (χ1v) is 6.43. The molecule has 0 bridgehead atoms. The van der Waals surface area contributed by atoms with Crippen LogP contribution in [0.3, 0.4) is 0 Å². The van der Waals surface area contributed by atoms with Gasteiger partial charge < -0.3 is 15.7 Å². The largest absolute Gasteiger partial charge is 0.465 e. The molecule has 2 rings (SSSR count). The SMILES string of the molecule is Nc1ccc(CN2CCN(C(=O)O)CC2)c(C(F)(F)F)c1. The summed E-state index contributed by atoms with van der Waals surface area (Å²) in [5.41, 5.74) is 4.91. The summed E-state index contributed by atoms with van der Waals surface area (Å²) >= 11 is 0. The number of nitrogens with two attached hydrogens (primary N) is 1. The first-order chi connectivity index (χ1) is 9.77. The molecule has 1 aromatic rings. The number of hydrogen-bond donors (Lipinski definition) is 2. The Kier molecular flexibility index (Phi) is 4.26. The van der Waals surface area contributed by atoms with Crippen molar-refractivity contribution in [1.82, 2.24) is 9.80 Å². The average Bonchev–Trinajstić information content (AvgIpc) is 2.40. The molecular weight excluding hydrogens is 287 g/mol. The number of benzene rings is 1. The maximum atomic E-state index is 13.0. The molecule has 8 heteroatoms. The van der Waals surface area contributed by atoms with Gasteiger partial charge >= 0.3 is 12.3 Å². The lowest BCUT2D eigenvalue weighted by molar-refractivity contribution is -0.138. The van der Waals surface area contributed by atoms with E-state index in [0.29, 0.717) is 26.2 Å².